The number of hydrogen-bond donors (Lipinski definition) is 2. The van der Waals surface area contributed by atoms with Crippen molar-refractivity contribution in [2.24, 2.45) is 5.14 Å². The van der Waals surface area contributed by atoms with E-state index in [0.717, 1.165) is 22.4 Å². The molecule has 3 aromatic rings. The van der Waals surface area contributed by atoms with Crippen LogP contribution in [0.3, 0.4) is 0 Å². The molecule has 0 radical (unpaired) electrons. The minimum absolute atomic E-state index is 0.0372. The van der Waals surface area contributed by atoms with Crippen LogP contribution in [0.4, 0.5) is 6.01 Å². The Hall–Kier alpha value is -3.04. The van der Waals surface area contributed by atoms with Gasteiger partial charge in [0.1, 0.15) is 5.75 Å². The first-order chi connectivity index (χ1) is 14.1. The summed E-state index contributed by atoms with van der Waals surface area (Å²) in [5.41, 5.74) is 7.49. The van der Waals surface area contributed by atoms with Crippen molar-refractivity contribution < 1.29 is 13.9 Å². The maximum Gasteiger partial charge on any atom is 0.312 e. The van der Waals surface area contributed by atoms with Crippen LogP contribution in [-0.4, -0.2) is 27.6 Å². The Bertz CT molecular complexity index is 945. The van der Waals surface area contributed by atoms with Crippen molar-refractivity contribution in [1.29, 1.82) is 0 Å². The minimum Gasteiger partial charge on any atom is -0.483 e. The predicted molar refractivity (Wildman–Crippen MR) is 111 cm³/mol. The summed E-state index contributed by atoms with van der Waals surface area (Å²) < 4.78 is 11.0. The molecule has 0 atom stereocenters. The van der Waals surface area contributed by atoms with Crippen LogP contribution in [-0.2, 0) is 24.3 Å². The van der Waals surface area contributed by atoms with Crippen molar-refractivity contribution in [2.75, 3.05) is 12.3 Å². The number of carbonyl (C=O) groups excluding carboxylic acids is 1. The first kappa shape index (κ1) is 20.7. The molecule has 0 aliphatic heterocycles. The zero-order valence-electron chi connectivity index (χ0n) is 16.1. The highest BCUT2D eigenvalue weighted by Crippen LogP contribution is 2.19. The van der Waals surface area contributed by atoms with Crippen LogP contribution in [0.25, 0.3) is 0 Å². The number of aryl methyl sites for hydroxylation is 1. The Balaban J connectivity index is 1.72. The molecule has 0 bridgehead atoms. The molecule has 1 aromatic heterocycles. The molecule has 8 nitrogen and oxygen atoms in total. The molecule has 0 unspecified atom stereocenters. The van der Waals surface area contributed by atoms with E-state index in [1.807, 2.05) is 55.5 Å². The van der Waals surface area contributed by atoms with Crippen molar-refractivity contribution in [3.63, 3.8) is 0 Å². The van der Waals surface area contributed by atoms with Crippen molar-refractivity contribution in [3.8, 4) is 5.75 Å². The highest BCUT2D eigenvalue weighted by molar-refractivity contribution is 7.97. The van der Waals surface area contributed by atoms with Gasteiger partial charge in [-0.15, -0.1) is 5.10 Å². The fourth-order valence-electron chi connectivity index (χ4n) is 2.79. The fraction of sp³-hybridized carbons (Fsp3) is 0.250. The van der Waals surface area contributed by atoms with E-state index in [0.29, 0.717) is 12.3 Å². The van der Waals surface area contributed by atoms with E-state index in [-0.39, 0.29) is 31.0 Å². The van der Waals surface area contributed by atoms with Gasteiger partial charge in [-0.1, -0.05) is 42.4 Å². The largest absolute Gasteiger partial charge is 0.483 e. The monoisotopic (exact) mass is 413 g/mol. The van der Waals surface area contributed by atoms with Gasteiger partial charge in [-0.3, -0.25) is 9.93 Å². The molecule has 1 heterocycles. The first-order valence-corrected chi connectivity index (χ1v) is 9.99. The molecule has 152 valence electrons. The fourth-order valence-corrected chi connectivity index (χ4v) is 3.08. The summed E-state index contributed by atoms with van der Waals surface area (Å²) in [5, 5.41) is 13.1. The van der Waals surface area contributed by atoms with E-state index < -0.39 is 0 Å². The molecule has 9 heteroatoms. The van der Waals surface area contributed by atoms with Crippen LogP contribution in [0.15, 0.2) is 57.8 Å². The number of anilines is 1. The molecule has 3 rings (SSSR count). The number of nitrogens with two attached hydrogens (primary N) is 2. The quantitative estimate of drug-likeness (QED) is 0.514. The van der Waals surface area contributed by atoms with Gasteiger partial charge in [0.05, 0.1) is 6.54 Å². The van der Waals surface area contributed by atoms with Gasteiger partial charge in [0.25, 0.3) is 5.91 Å². The van der Waals surface area contributed by atoms with Crippen molar-refractivity contribution >= 4 is 23.9 Å². The van der Waals surface area contributed by atoms with E-state index >= 15 is 0 Å². The number of nitrogen functional groups attached to an aromatic ring is 1. The molecule has 29 heavy (non-hydrogen) atoms. The lowest BCUT2D eigenvalue weighted by atomic mass is 10.1. The van der Waals surface area contributed by atoms with E-state index in [2.05, 4.69) is 10.2 Å². The lowest BCUT2D eigenvalue weighted by Gasteiger charge is -2.22. The standard InChI is InChI=1S/C20H23N5O3S/c1-2-15-5-3-4-6-17(15)27-13-19(26)25(12-18-23-24-20(21)28-18)11-14-7-9-16(29-22)10-8-14/h3-10H,2,11-13,22H2,1H3,(H2,21,24). The van der Waals surface area contributed by atoms with E-state index in [1.165, 1.54) is 11.9 Å². The highest BCUT2D eigenvalue weighted by atomic mass is 32.2. The predicted octanol–water partition coefficient (Wildman–Crippen LogP) is 2.79. The van der Waals surface area contributed by atoms with E-state index in [4.69, 9.17) is 20.0 Å². The molecule has 0 aliphatic rings. The molecule has 0 aliphatic carbocycles. The lowest BCUT2D eigenvalue weighted by Crippen LogP contribution is -2.34. The van der Waals surface area contributed by atoms with Crippen LogP contribution in [0, 0.1) is 0 Å². The van der Waals surface area contributed by atoms with Gasteiger partial charge in [0.2, 0.25) is 5.89 Å². The summed E-state index contributed by atoms with van der Waals surface area (Å²) >= 11 is 1.17. The molecule has 4 N–H and O–H groups in total. The maximum absolute atomic E-state index is 12.9. The Morgan fingerprint density at radius 2 is 1.90 bits per heavy atom. The number of aromatic nitrogens is 2. The number of benzene rings is 2. The number of ether oxygens (including phenoxy) is 1. The highest BCUT2D eigenvalue weighted by Gasteiger charge is 2.19. The SMILES string of the molecule is CCc1ccccc1OCC(=O)N(Cc1ccc(SN)cc1)Cc1nnc(N)o1. The smallest absolute Gasteiger partial charge is 0.312 e. The minimum atomic E-state index is -0.204. The number of para-hydroxylation sites is 1. The zero-order chi connectivity index (χ0) is 20.6. The molecule has 2 aromatic carbocycles. The summed E-state index contributed by atoms with van der Waals surface area (Å²) in [6.07, 6.45) is 0.820. The molecule has 0 saturated carbocycles. The first-order valence-electron chi connectivity index (χ1n) is 9.11. The summed E-state index contributed by atoms with van der Waals surface area (Å²) in [6, 6.07) is 15.3. The Morgan fingerprint density at radius 3 is 2.55 bits per heavy atom. The summed E-state index contributed by atoms with van der Waals surface area (Å²) in [7, 11) is 0. The molecule has 1 amide bonds. The third-order valence-corrected chi connectivity index (χ3v) is 4.84. The van der Waals surface area contributed by atoms with Crippen LogP contribution < -0.4 is 15.6 Å². The molecule has 0 spiro atoms. The second kappa shape index (κ2) is 9.94. The number of rotatable bonds is 9. The van der Waals surface area contributed by atoms with Crippen molar-refractivity contribution in [1.82, 2.24) is 15.1 Å². The summed E-state index contributed by atoms with van der Waals surface area (Å²) in [6.45, 7) is 2.43. The van der Waals surface area contributed by atoms with Gasteiger partial charge in [-0.05, 0) is 47.7 Å². The zero-order valence-corrected chi connectivity index (χ0v) is 16.9. The van der Waals surface area contributed by atoms with Gasteiger partial charge in [-0.2, -0.15) is 0 Å². The van der Waals surface area contributed by atoms with Crippen LogP contribution in [0.2, 0.25) is 0 Å². The Morgan fingerprint density at radius 1 is 1.14 bits per heavy atom. The van der Waals surface area contributed by atoms with Crippen LogP contribution in [0.5, 0.6) is 5.75 Å². The Kier molecular flexibility index (Phi) is 7.09. The average Bonchev–Trinajstić information content (AvgIpc) is 3.16. The molecule has 0 fully saturated rings. The number of amides is 1. The van der Waals surface area contributed by atoms with Crippen molar-refractivity contribution in [2.45, 2.75) is 31.3 Å². The van der Waals surface area contributed by atoms with Crippen LogP contribution >= 0.6 is 11.9 Å². The van der Waals surface area contributed by atoms with Gasteiger partial charge in [0, 0.05) is 11.4 Å². The third kappa shape index (κ3) is 5.72. The summed E-state index contributed by atoms with van der Waals surface area (Å²) in [5.74, 6) is 0.763. The maximum atomic E-state index is 12.9. The third-order valence-electron chi connectivity index (χ3n) is 4.30. The second-order valence-corrected chi connectivity index (χ2v) is 7.00. The number of nitrogens with zero attached hydrogens (tertiary/aromatic N) is 3. The van der Waals surface area contributed by atoms with Crippen LogP contribution in [0.1, 0.15) is 23.9 Å². The summed E-state index contributed by atoms with van der Waals surface area (Å²) in [4.78, 5) is 15.4. The lowest BCUT2D eigenvalue weighted by molar-refractivity contribution is -0.135. The topological polar surface area (TPSA) is 120 Å². The molecule has 0 saturated heterocycles. The van der Waals surface area contributed by atoms with Gasteiger partial charge >= 0.3 is 6.01 Å². The average molecular weight is 414 g/mol. The molecular weight excluding hydrogens is 390 g/mol. The molecular formula is C20H23N5O3S. The van der Waals surface area contributed by atoms with Gasteiger partial charge < -0.3 is 19.8 Å². The second-order valence-electron chi connectivity index (χ2n) is 6.30. The number of carbonyl (C=O) groups is 1. The van der Waals surface area contributed by atoms with E-state index in [1.54, 1.807) is 4.90 Å². The number of hydrogen-bond acceptors (Lipinski definition) is 8. The van der Waals surface area contributed by atoms with E-state index in [9.17, 15) is 4.79 Å². The normalized spacial score (nSPS) is 10.7. The van der Waals surface area contributed by atoms with Gasteiger partial charge in [0.15, 0.2) is 6.61 Å². The Labute approximate surface area is 173 Å². The van der Waals surface area contributed by atoms with Crippen molar-refractivity contribution in [3.05, 3.63) is 65.5 Å². The van der Waals surface area contributed by atoms with Gasteiger partial charge in [-0.25, -0.2) is 0 Å².